The summed E-state index contributed by atoms with van der Waals surface area (Å²) in [5.41, 5.74) is 1.19. The van der Waals surface area contributed by atoms with Gasteiger partial charge >= 0.3 is 8.80 Å². The van der Waals surface area contributed by atoms with Gasteiger partial charge in [0, 0.05) is 28.6 Å². The smallest absolute Gasteiger partial charge is 0.370 e. The zero-order valence-corrected chi connectivity index (χ0v) is 16.7. The highest BCUT2D eigenvalue weighted by Gasteiger charge is 2.46. The molecule has 0 heterocycles. The van der Waals surface area contributed by atoms with E-state index in [2.05, 4.69) is 68.5 Å². The summed E-state index contributed by atoms with van der Waals surface area (Å²) in [6.07, 6.45) is 2.88. The maximum atomic E-state index is 6.22. The van der Waals surface area contributed by atoms with Crippen LogP contribution >= 0.6 is 22.6 Å². The van der Waals surface area contributed by atoms with E-state index < -0.39 is 8.80 Å². The van der Waals surface area contributed by atoms with Crippen molar-refractivity contribution >= 4 is 36.6 Å². The van der Waals surface area contributed by atoms with Crippen LogP contribution in [0.4, 0.5) is 0 Å². The van der Waals surface area contributed by atoms with Crippen LogP contribution in [0.15, 0.2) is 18.2 Å². The summed E-state index contributed by atoms with van der Waals surface area (Å²) in [7, 11) is -2.83. The van der Waals surface area contributed by atoms with E-state index in [1.807, 2.05) is 0 Å². The number of rotatable bonds is 10. The molecule has 1 rings (SSSR count). The van der Waals surface area contributed by atoms with E-state index in [0.29, 0.717) is 19.8 Å². The van der Waals surface area contributed by atoms with Gasteiger partial charge in [0.25, 0.3) is 0 Å². The molecule has 0 radical (unpaired) electrons. The van der Waals surface area contributed by atoms with Gasteiger partial charge in [0.1, 0.15) is 0 Å². The molecule has 21 heavy (non-hydrogen) atoms. The second kappa shape index (κ2) is 9.94. The second-order valence-electron chi connectivity index (χ2n) is 5.03. The fraction of sp³-hybridized carbons (Fsp3) is 0.625. The molecule has 1 aromatic carbocycles. The molecule has 0 saturated carbocycles. The Balaban J connectivity index is 3.23. The largest absolute Gasteiger partial charge is 0.538 e. The fourth-order valence-electron chi connectivity index (χ4n) is 2.07. The first-order valence-electron chi connectivity index (χ1n) is 7.78. The number of halogens is 1. The molecule has 0 fully saturated rings. The molecule has 0 atom stereocenters. The molecule has 5 heteroatoms. The van der Waals surface area contributed by atoms with Crippen molar-refractivity contribution in [2.45, 2.75) is 47.0 Å². The SMILES string of the molecule is CCCO[Si](OCCC)(OCCC)c1c(C)cccc1I. The lowest BCUT2D eigenvalue weighted by atomic mass is 10.2. The van der Waals surface area contributed by atoms with Crippen LogP contribution in [0.2, 0.25) is 0 Å². The Morgan fingerprint density at radius 2 is 1.38 bits per heavy atom. The Bertz CT molecular complexity index is 384. The van der Waals surface area contributed by atoms with E-state index in [4.69, 9.17) is 13.3 Å². The van der Waals surface area contributed by atoms with Gasteiger partial charge in [-0.05, 0) is 60.4 Å². The van der Waals surface area contributed by atoms with Crippen molar-refractivity contribution in [3.8, 4) is 0 Å². The van der Waals surface area contributed by atoms with E-state index in [1.165, 1.54) is 9.13 Å². The minimum Gasteiger partial charge on any atom is -0.370 e. The molecule has 0 N–H and O–H groups in total. The van der Waals surface area contributed by atoms with Crippen molar-refractivity contribution in [2.75, 3.05) is 19.8 Å². The molecule has 120 valence electrons. The highest BCUT2D eigenvalue weighted by molar-refractivity contribution is 14.1. The molecule has 0 saturated heterocycles. The monoisotopic (exact) mass is 422 g/mol. The van der Waals surface area contributed by atoms with Gasteiger partial charge < -0.3 is 13.3 Å². The van der Waals surface area contributed by atoms with Crippen molar-refractivity contribution in [2.24, 2.45) is 0 Å². The van der Waals surface area contributed by atoms with Crippen LogP contribution in [0.5, 0.6) is 0 Å². The summed E-state index contributed by atoms with van der Waals surface area (Å²) < 4.78 is 19.8. The molecule has 0 aliphatic carbocycles. The zero-order chi connectivity index (χ0) is 15.7. The number of hydrogen-bond donors (Lipinski definition) is 0. The Morgan fingerprint density at radius 3 is 1.76 bits per heavy atom. The third-order valence-corrected chi connectivity index (χ3v) is 7.45. The Labute approximate surface area is 143 Å². The van der Waals surface area contributed by atoms with Gasteiger partial charge in [-0.2, -0.15) is 0 Å². The van der Waals surface area contributed by atoms with Gasteiger partial charge in [-0.3, -0.25) is 0 Å². The van der Waals surface area contributed by atoms with Crippen LogP contribution in [0.3, 0.4) is 0 Å². The van der Waals surface area contributed by atoms with Crippen molar-refractivity contribution in [3.63, 3.8) is 0 Å². The lowest BCUT2D eigenvalue weighted by Crippen LogP contribution is -2.59. The maximum Gasteiger partial charge on any atom is 0.538 e. The minimum atomic E-state index is -2.83. The molecule has 0 spiro atoms. The Kier molecular flexibility index (Phi) is 9.04. The second-order valence-corrected chi connectivity index (χ2v) is 8.67. The first-order valence-corrected chi connectivity index (χ1v) is 10.6. The van der Waals surface area contributed by atoms with Gasteiger partial charge in [0.05, 0.1) is 0 Å². The van der Waals surface area contributed by atoms with Gasteiger partial charge in [0.15, 0.2) is 0 Å². The van der Waals surface area contributed by atoms with E-state index >= 15 is 0 Å². The van der Waals surface area contributed by atoms with Gasteiger partial charge in [-0.1, -0.05) is 32.9 Å². The van der Waals surface area contributed by atoms with Crippen molar-refractivity contribution in [3.05, 3.63) is 27.3 Å². The van der Waals surface area contributed by atoms with Crippen LogP contribution in [0, 0.1) is 10.5 Å². The summed E-state index contributed by atoms with van der Waals surface area (Å²) in [4.78, 5) is 0. The predicted molar refractivity (Wildman–Crippen MR) is 98.0 cm³/mol. The van der Waals surface area contributed by atoms with Gasteiger partial charge in [-0.25, -0.2) is 0 Å². The summed E-state index contributed by atoms with van der Waals surface area (Å²) in [6, 6.07) is 6.28. The average Bonchev–Trinajstić information content (AvgIpc) is 2.48. The summed E-state index contributed by atoms with van der Waals surface area (Å²) in [5, 5.41) is 1.14. The molecule has 0 bridgehead atoms. The Morgan fingerprint density at radius 1 is 0.905 bits per heavy atom. The van der Waals surface area contributed by atoms with Crippen molar-refractivity contribution in [1.82, 2.24) is 0 Å². The summed E-state index contributed by atoms with van der Waals surface area (Å²) >= 11 is 2.36. The third kappa shape index (κ3) is 5.32. The average molecular weight is 422 g/mol. The minimum absolute atomic E-state index is 0.671. The van der Waals surface area contributed by atoms with E-state index in [1.54, 1.807) is 0 Å². The van der Waals surface area contributed by atoms with Crippen LogP contribution in [0.25, 0.3) is 0 Å². The van der Waals surface area contributed by atoms with Crippen LogP contribution in [0.1, 0.15) is 45.6 Å². The molecule has 0 aliphatic heterocycles. The highest BCUT2D eigenvalue weighted by Crippen LogP contribution is 2.18. The zero-order valence-electron chi connectivity index (χ0n) is 13.6. The van der Waals surface area contributed by atoms with Crippen LogP contribution < -0.4 is 5.19 Å². The Hall–Kier alpha value is 0.0469. The predicted octanol–water partition coefficient (Wildman–Crippen LogP) is 4.03. The van der Waals surface area contributed by atoms with Crippen molar-refractivity contribution < 1.29 is 13.3 Å². The van der Waals surface area contributed by atoms with Crippen LogP contribution in [-0.4, -0.2) is 28.6 Å². The molecular weight excluding hydrogens is 395 g/mol. The quantitative estimate of drug-likeness (QED) is 0.421. The molecular formula is C16H27IO3Si. The van der Waals surface area contributed by atoms with Crippen molar-refractivity contribution in [1.29, 1.82) is 0 Å². The van der Waals surface area contributed by atoms with Crippen LogP contribution in [-0.2, 0) is 13.3 Å². The molecule has 0 aliphatic rings. The standard InChI is InChI=1S/C16H27IO3Si/c1-5-11-18-21(19-12-6-2,20-13-7-3)16-14(4)9-8-10-15(16)17/h8-10H,5-7,11-13H2,1-4H3. The van der Waals surface area contributed by atoms with E-state index in [-0.39, 0.29) is 0 Å². The third-order valence-electron chi connectivity index (χ3n) is 3.02. The number of benzene rings is 1. The molecule has 3 nitrogen and oxygen atoms in total. The lowest BCUT2D eigenvalue weighted by molar-refractivity contribution is 0.0729. The van der Waals surface area contributed by atoms with Gasteiger partial charge in [-0.15, -0.1) is 0 Å². The normalized spacial score (nSPS) is 11.9. The first-order chi connectivity index (χ1) is 10.1. The van der Waals surface area contributed by atoms with E-state index in [0.717, 1.165) is 24.4 Å². The lowest BCUT2D eigenvalue weighted by Gasteiger charge is -2.31. The van der Waals surface area contributed by atoms with E-state index in [9.17, 15) is 0 Å². The van der Waals surface area contributed by atoms with Gasteiger partial charge in [0.2, 0.25) is 0 Å². The maximum absolute atomic E-state index is 6.22. The number of hydrogen-bond acceptors (Lipinski definition) is 3. The first kappa shape index (κ1) is 19.1. The molecule has 0 aromatic heterocycles. The topological polar surface area (TPSA) is 27.7 Å². The molecule has 0 amide bonds. The fourth-order valence-corrected chi connectivity index (χ4v) is 6.74. The summed E-state index contributed by atoms with van der Waals surface area (Å²) in [5.74, 6) is 0. The summed E-state index contributed by atoms with van der Waals surface area (Å²) in [6.45, 7) is 10.5. The highest BCUT2D eigenvalue weighted by atomic mass is 127. The number of aryl methyl sites for hydroxylation is 1. The molecule has 1 aromatic rings. The molecule has 0 unspecified atom stereocenters.